The van der Waals surface area contributed by atoms with Crippen molar-refractivity contribution in [2.45, 2.75) is 32.7 Å². The van der Waals surface area contributed by atoms with Gasteiger partial charge in [-0.1, -0.05) is 51.1 Å². The van der Waals surface area contributed by atoms with E-state index in [0.29, 0.717) is 11.7 Å². The summed E-state index contributed by atoms with van der Waals surface area (Å²) in [6.07, 6.45) is 0. The van der Waals surface area contributed by atoms with Gasteiger partial charge in [-0.05, 0) is 11.5 Å². The summed E-state index contributed by atoms with van der Waals surface area (Å²) in [5.41, 5.74) is 8.10. The van der Waals surface area contributed by atoms with Crippen LogP contribution in [-0.4, -0.2) is 16.1 Å². The van der Waals surface area contributed by atoms with Crippen molar-refractivity contribution in [1.82, 2.24) is 10.2 Å². The van der Waals surface area contributed by atoms with Crippen LogP contribution in [0.4, 0.5) is 5.82 Å². The SMILES string of the molecule is CC(C)c1cc(NC(=O)C(C)C(N)c2ccccc2)n[nH]1. The maximum atomic E-state index is 12.3. The molecule has 2 unspecified atom stereocenters. The molecule has 2 rings (SSSR count). The fourth-order valence-electron chi connectivity index (χ4n) is 2.06. The second-order valence-electron chi connectivity index (χ2n) is 5.58. The number of nitrogens with two attached hydrogens (primary N) is 1. The van der Waals surface area contributed by atoms with Gasteiger partial charge in [0.2, 0.25) is 5.91 Å². The van der Waals surface area contributed by atoms with E-state index >= 15 is 0 Å². The summed E-state index contributed by atoms with van der Waals surface area (Å²) in [7, 11) is 0. The fraction of sp³-hybridized carbons (Fsp3) is 0.375. The first-order valence-corrected chi connectivity index (χ1v) is 7.15. The van der Waals surface area contributed by atoms with Crippen molar-refractivity contribution in [1.29, 1.82) is 0 Å². The van der Waals surface area contributed by atoms with Crippen molar-refractivity contribution >= 4 is 11.7 Å². The van der Waals surface area contributed by atoms with Gasteiger partial charge in [0.1, 0.15) is 0 Å². The van der Waals surface area contributed by atoms with E-state index in [2.05, 4.69) is 29.4 Å². The van der Waals surface area contributed by atoms with Crippen LogP contribution in [0.5, 0.6) is 0 Å². The first kappa shape index (κ1) is 15.3. The molecule has 2 aromatic rings. The molecule has 21 heavy (non-hydrogen) atoms. The molecule has 1 heterocycles. The highest BCUT2D eigenvalue weighted by molar-refractivity contribution is 5.92. The van der Waals surface area contributed by atoms with Crippen molar-refractivity contribution in [3.63, 3.8) is 0 Å². The number of carbonyl (C=O) groups is 1. The third-order valence-electron chi connectivity index (χ3n) is 3.61. The van der Waals surface area contributed by atoms with Crippen LogP contribution in [0.25, 0.3) is 0 Å². The molecule has 2 atom stereocenters. The number of carbonyl (C=O) groups excluding carboxylic acids is 1. The molecule has 0 radical (unpaired) electrons. The third kappa shape index (κ3) is 3.70. The molecule has 5 heteroatoms. The summed E-state index contributed by atoms with van der Waals surface area (Å²) in [6.45, 7) is 5.95. The average Bonchev–Trinajstić information content (AvgIpc) is 2.95. The van der Waals surface area contributed by atoms with Gasteiger partial charge in [-0.25, -0.2) is 0 Å². The second-order valence-corrected chi connectivity index (χ2v) is 5.58. The first-order valence-electron chi connectivity index (χ1n) is 7.15. The van der Waals surface area contributed by atoms with Crippen LogP contribution in [0.1, 0.15) is 44.0 Å². The van der Waals surface area contributed by atoms with Crippen LogP contribution in [0.3, 0.4) is 0 Å². The standard InChI is InChI=1S/C16H22N4O/c1-10(2)13-9-14(20-19-13)18-16(21)11(3)15(17)12-7-5-4-6-8-12/h4-11,15H,17H2,1-3H3,(H2,18,19,20,21). The van der Waals surface area contributed by atoms with Gasteiger partial charge in [0.15, 0.2) is 5.82 Å². The van der Waals surface area contributed by atoms with E-state index in [-0.39, 0.29) is 17.9 Å². The van der Waals surface area contributed by atoms with Gasteiger partial charge in [-0.3, -0.25) is 9.89 Å². The number of nitrogens with one attached hydrogen (secondary N) is 2. The van der Waals surface area contributed by atoms with Gasteiger partial charge < -0.3 is 11.1 Å². The molecule has 0 fully saturated rings. The Labute approximate surface area is 124 Å². The molecule has 1 aromatic carbocycles. The lowest BCUT2D eigenvalue weighted by molar-refractivity contribution is -0.120. The number of nitrogens with zero attached hydrogens (tertiary/aromatic N) is 1. The number of amides is 1. The number of aromatic amines is 1. The van der Waals surface area contributed by atoms with E-state index < -0.39 is 0 Å². The Balaban J connectivity index is 2.02. The Kier molecular flexibility index (Phi) is 4.75. The van der Waals surface area contributed by atoms with Crippen LogP contribution >= 0.6 is 0 Å². The van der Waals surface area contributed by atoms with Crippen molar-refractivity contribution in [3.05, 3.63) is 47.7 Å². The predicted molar refractivity (Wildman–Crippen MR) is 83.8 cm³/mol. The average molecular weight is 286 g/mol. The van der Waals surface area contributed by atoms with E-state index in [9.17, 15) is 4.79 Å². The number of hydrogen-bond acceptors (Lipinski definition) is 3. The minimum Gasteiger partial charge on any atom is -0.323 e. The molecule has 1 aromatic heterocycles. The molecule has 0 saturated carbocycles. The predicted octanol–water partition coefficient (Wildman–Crippen LogP) is 2.81. The zero-order valence-electron chi connectivity index (χ0n) is 12.6. The number of H-pyrrole nitrogens is 1. The van der Waals surface area contributed by atoms with Gasteiger partial charge in [0, 0.05) is 17.8 Å². The van der Waals surface area contributed by atoms with Gasteiger partial charge in [0.25, 0.3) is 0 Å². The van der Waals surface area contributed by atoms with Crippen LogP contribution in [0.15, 0.2) is 36.4 Å². The van der Waals surface area contributed by atoms with Crippen LogP contribution < -0.4 is 11.1 Å². The molecular formula is C16H22N4O. The molecule has 0 spiro atoms. The molecule has 0 saturated heterocycles. The van der Waals surface area contributed by atoms with E-state index in [0.717, 1.165) is 11.3 Å². The Morgan fingerprint density at radius 1 is 1.24 bits per heavy atom. The lowest BCUT2D eigenvalue weighted by atomic mass is 9.95. The van der Waals surface area contributed by atoms with Crippen LogP contribution in [-0.2, 0) is 4.79 Å². The quantitative estimate of drug-likeness (QED) is 0.790. The van der Waals surface area contributed by atoms with Crippen LogP contribution in [0, 0.1) is 5.92 Å². The highest BCUT2D eigenvalue weighted by Gasteiger charge is 2.22. The largest absolute Gasteiger partial charge is 0.323 e. The zero-order chi connectivity index (χ0) is 15.4. The lowest BCUT2D eigenvalue weighted by Crippen LogP contribution is -2.30. The van der Waals surface area contributed by atoms with E-state index in [4.69, 9.17) is 5.73 Å². The molecule has 1 amide bonds. The van der Waals surface area contributed by atoms with E-state index in [1.807, 2.05) is 43.3 Å². The molecular weight excluding hydrogens is 264 g/mol. The van der Waals surface area contributed by atoms with Crippen molar-refractivity contribution in [2.75, 3.05) is 5.32 Å². The highest BCUT2D eigenvalue weighted by Crippen LogP contribution is 2.21. The molecule has 0 aliphatic carbocycles. The van der Waals surface area contributed by atoms with Crippen LogP contribution in [0.2, 0.25) is 0 Å². The Morgan fingerprint density at radius 3 is 2.48 bits per heavy atom. The smallest absolute Gasteiger partial charge is 0.230 e. The summed E-state index contributed by atoms with van der Waals surface area (Å²) in [5, 5.41) is 9.81. The Bertz CT molecular complexity index is 591. The van der Waals surface area contributed by atoms with Gasteiger partial charge in [0.05, 0.1) is 5.92 Å². The summed E-state index contributed by atoms with van der Waals surface area (Å²) < 4.78 is 0. The van der Waals surface area contributed by atoms with Crippen molar-refractivity contribution in [3.8, 4) is 0 Å². The molecule has 5 nitrogen and oxygen atoms in total. The fourth-order valence-corrected chi connectivity index (χ4v) is 2.06. The lowest BCUT2D eigenvalue weighted by Gasteiger charge is -2.19. The van der Waals surface area contributed by atoms with Crippen molar-refractivity contribution in [2.24, 2.45) is 11.7 Å². The Hall–Kier alpha value is -2.14. The maximum Gasteiger partial charge on any atom is 0.230 e. The monoisotopic (exact) mass is 286 g/mol. The Morgan fingerprint density at radius 2 is 1.90 bits per heavy atom. The number of hydrogen-bond donors (Lipinski definition) is 3. The molecule has 0 bridgehead atoms. The summed E-state index contributed by atoms with van der Waals surface area (Å²) in [6, 6.07) is 11.1. The highest BCUT2D eigenvalue weighted by atomic mass is 16.2. The maximum absolute atomic E-state index is 12.3. The number of aromatic nitrogens is 2. The zero-order valence-corrected chi connectivity index (χ0v) is 12.6. The number of rotatable bonds is 5. The third-order valence-corrected chi connectivity index (χ3v) is 3.61. The molecule has 112 valence electrons. The summed E-state index contributed by atoms with van der Waals surface area (Å²) >= 11 is 0. The van der Waals surface area contributed by atoms with Gasteiger partial charge in [-0.15, -0.1) is 0 Å². The second kappa shape index (κ2) is 6.54. The van der Waals surface area contributed by atoms with E-state index in [1.54, 1.807) is 0 Å². The molecule has 4 N–H and O–H groups in total. The first-order chi connectivity index (χ1) is 9.99. The van der Waals surface area contributed by atoms with Gasteiger partial charge >= 0.3 is 0 Å². The minimum absolute atomic E-state index is 0.131. The number of anilines is 1. The normalized spacial score (nSPS) is 14.0. The molecule has 0 aliphatic heterocycles. The topological polar surface area (TPSA) is 83.8 Å². The molecule has 0 aliphatic rings. The number of benzene rings is 1. The summed E-state index contributed by atoms with van der Waals surface area (Å²) in [4.78, 5) is 12.3. The van der Waals surface area contributed by atoms with Gasteiger partial charge in [-0.2, -0.15) is 5.10 Å². The minimum atomic E-state index is -0.341. The van der Waals surface area contributed by atoms with Crippen molar-refractivity contribution < 1.29 is 4.79 Å². The van der Waals surface area contributed by atoms with E-state index in [1.165, 1.54) is 0 Å². The summed E-state index contributed by atoms with van der Waals surface area (Å²) in [5.74, 6) is 0.405.